The van der Waals surface area contributed by atoms with Gasteiger partial charge in [0.1, 0.15) is 0 Å². The first-order valence-corrected chi connectivity index (χ1v) is 7.96. The van der Waals surface area contributed by atoms with Crippen LogP contribution >= 0.6 is 0 Å². The number of hydrogen-bond donors (Lipinski definition) is 1. The molecule has 4 nitrogen and oxygen atoms in total. The predicted octanol–water partition coefficient (Wildman–Crippen LogP) is 1.55. The van der Waals surface area contributed by atoms with E-state index >= 15 is 0 Å². The quantitative estimate of drug-likeness (QED) is 0.824. The molecule has 3 aliphatic rings. The number of fused-ring (bicyclic) bond motifs is 1. The van der Waals surface area contributed by atoms with Gasteiger partial charge in [-0.25, -0.2) is 0 Å². The molecule has 2 aliphatic heterocycles. The van der Waals surface area contributed by atoms with Crippen molar-refractivity contribution in [1.29, 1.82) is 0 Å². The molecule has 3 fully saturated rings. The Balaban J connectivity index is 1.58. The molecule has 0 aromatic rings. The van der Waals surface area contributed by atoms with E-state index in [9.17, 15) is 4.79 Å². The van der Waals surface area contributed by atoms with Gasteiger partial charge in [0.05, 0.1) is 18.8 Å². The Morgan fingerprint density at radius 2 is 1.95 bits per heavy atom. The van der Waals surface area contributed by atoms with Gasteiger partial charge in [-0.15, -0.1) is 0 Å². The van der Waals surface area contributed by atoms with Gasteiger partial charge in [0, 0.05) is 13.0 Å². The highest BCUT2D eigenvalue weighted by molar-refractivity contribution is 5.77. The molecule has 1 saturated carbocycles. The molecule has 0 spiro atoms. The summed E-state index contributed by atoms with van der Waals surface area (Å²) in [5.74, 6) is 0.978. The normalized spacial score (nSPS) is 32.9. The molecule has 0 radical (unpaired) electrons. The summed E-state index contributed by atoms with van der Waals surface area (Å²) in [5.41, 5.74) is 0. The molecule has 1 amide bonds. The smallest absolute Gasteiger partial charge is 0.223 e. The maximum absolute atomic E-state index is 12.6. The van der Waals surface area contributed by atoms with Crippen molar-refractivity contribution in [2.24, 2.45) is 5.92 Å². The van der Waals surface area contributed by atoms with Crippen LogP contribution in [0.4, 0.5) is 0 Å². The molecule has 108 valence electrons. The first kappa shape index (κ1) is 13.4. The van der Waals surface area contributed by atoms with Gasteiger partial charge >= 0.3 is 0 Å². The molecule has 3 rings (SSSR count). The van der Waals surface area contributed by atoms with Crippen LogP contribution in [0, 0.1) is 5.92 Å². The Kier molecular flexibility index (Phi) is 4.38. The lowest BCUT2D eigenvalue weighted by atomic mass is 9.88. The highest BCUT2D eigenvalue weighted by Gasteiger charge is 2.37. The predicted molar refractivity (Wildman–Crippen MR) is 73.9 cm³/mol. The molecular formula is C15H26N2O2. The number of carbonyl (C=O) groups is 1. The van der Waals surface area contributed by atoms with E-state index in [-0.39, 0.29) is 0 Å². The molecule has 2 saturated heterocycles. The Morgan fingerprint density at radius 3 is 2.79 bits per heavy atom. The van der Waals surface area contributed by atoms with Gasteiger partial charge in [-0.2, -0.15) is 0 Å². The zero-order chi connectivity index (χ0) is 13.1. The van der Waals surface area contributed by atoms with Crippen LogP contribution in [0.5, 0.6) is 0 Å². The molecule has 0 aromatic heterocycles. The minimum Gasteiger partial charge on any atom is -0.374 e. The topological polar surface area (TPSA) is 41.6 Å². The number of nitrogens with zero attached hydrogens (tertiary/aromatic N) is 1. The SMILES string of the molecule is O=C(CC1CCNCC1)N1CCOC2CCCCC21. The lowest BCUT2D eigenvalue weighted by molar-refractivity contribution is -0.150. The Hall–Kier alpha value is -0.610. The van der Waals surface area contributed by atoms with Crippen LogP contribution in [0.3, 0.4) is 0 Å². The fraction of sp³-hybridized carbons (Fsp3) is 0.933. The standard InChI is InChI=1S/C15H26N2O2/c18-15(11-12-5-7-16-8-6-12)17-9-10-19-14-4-2-1-3-13(14)17/h12-14,16H,1-11H2. The minimum atomic E-state index is 0.319. The summed E-state index contributed by atoms with van der Waals surface area (Å²) in [6.07, 6.45) is 8.18. The first-order chi connectivity index (χ1) is 9.34. The molecule has 2 atom stereocenters. The van der Waals surface area contributed by atoms with Crippen molar-refractivity contribution in [1.82, 2.24) is 10.2 Å². The lowest BCUT2D eigenvalue weighted by Gasteiger charge is -2.44. The summed E-state index contributed by atoms with van der Waals surface area (Å²) in [5, 5.41) is 3.37. The molecule has 0 aromatic carbocycles. The van der Waals surface area contributed by atoms with Gasteiger partial charge in [0.15, 0.2) is 0 Å². The Labute approximate surface area is 115 Å². The third-order valence-corrected chi connectivity index (χ3v) is 4.97. The number of morpholine rings is 1. The van der Waals surface area contributed by atoms with E-state index in [4.69, 9.17) is 4.74 Å². The van der Waals surface area contributed by atoms with E-state index in [1.807, 2.05) is 0 Å². The molecule has 4 heteroatoms. The van der Waals surface area contributed by atoms with Crippen LogP contribution < -0.4 is 5.32 Å². The fourth-order valence-corrected chi connectivity index (χ4v) is 3.86. The molecule has 2 unspecified atom stereocenters. The monoisotopic (exact) mass is 266 g/mol. The highest BCUT2D eigenvalue weighted by atomic mass is 16.5. The third kappa shape index (κ3) is 3.11. The zero-order valence-corrected chi connectivity index (χ0v) is 11.8. The van der Waals surface area contributed by atoms with Crippen LogP contribution in [0.25, 0.3) is 0 Å². The summed E-state index contributed by atoms with van der Waals surface area (Å²) < 4.78 is 5.85. The summed E-state index contributed by atoms with van der Waals surface area (Å²) in [4.78, 5) is 14.7. The van der Waals surface area contributed by atoms with E-state index in [2.05, 4.69) is 10.2 Å². The van der Waals surface area contributed by atoms with Crippen LogP contribution in [-0.2, 0) is 9.53 Å². The fourth-order valence-electron chi connectivity index (χ4n) is 3.86. The van der Waals surface area contributed by atoms with E-state index in [1.165, 1.54) is 12.8 Å². The number of carbonyl (C=O) groups excluding carboxylic acids is 1. The van der Waals surface area contributed by atoms with Crippen molar-refractivity contribution in [3.05, 3.63) is 0 Å². The van der Waals surface area contributed by atoms with Crippen molar-refractivity contribution in [3.8, 4) is 0 Å². The largest absolute Gasteiger partial charge is 0.374 e. The number of nitrogens with one attached hydrogen (secondary N) is 1. The van der Waals surface area contributed by atoms with Crippen molar-refractivity contribution >= 4 is 5.91 Å². The molecule has 0 bridgehead atoms. The van der Waals surface area contributed by atoms with Crippen molar-refractivity contribution in [2.75, 3.05) is 26.2 Å². The number of amides is 1. The molecule has 19 heavy (non-hydrogen) atoms. The minimum absolute atomic E-state index is 0.319. The van der Waals surface area contributed by atoms with Crippen LogP contribution in [0.15, 0.2) is 0 Å². The van der Waals surface area contributed by atoms with Gasteiger partial charge in [-0.3, -0.25) is 4.79 Å². The number of rotatable bonds is 2. The maximum atomic E-state index is 12.6. The molecule has 1 aliphatic carbocycles. The van der Waals surface area contributed by atoms with Gasteiger partial charge < -0.3 is 15.0 Å². The second-order valence-electron chi connectivity index (χ2n) is 6.25. The Bertz CT molecular complexity index is 313. The van der Waals surface area contributed by atoms with Gasteiger partial charge in [-0.05, 0) is 44.7 Å². The summed E-state index contributed by atoms with van der Waals surface area (Å²) in [6.45, 7) is 3.70. The maximum Gasteiger partial charge on any atom is 0.223 e. The van der Waals surface area contributed by atoms with Crippen LogP contribution in [0.2, 0.25) is 0 Å². The van der Waals surface area contributed by atoms with E-state index in [0.29, 0.717) is 24.0 Å². The van der Waals surface area contributed by atoms with Crippen molar-refractivity contribution < 1.29 is 9.53 Å². The molecular weight excluding hydrogens is 240 g/mol. The second-order valence-corrected chi connectivity index (χ2v) is 6.25. The lowest BCUT2D eigenvalue weighted by Crippen LogP contribution is -2.55. The highest BCUT2D eigenvalue weighted by Crippen LogP contribution is 2.29. The zero-order valence-electron chi connectivity index (χ0n) is 11.8. The van der Waals surface area contributed by atoms with Gasteiger partial charge in [0.25, 0.3) is 0 Å². The van der Waals surface area contributed by atoms with Crippen molar-refractivity contribution in [3.63, 3.8) is 0 Å². The summed E-state index contributed by atoms with van der Waals surface area (Å²) >= 11 is 0. The molecule has 2 heterocycles. The number of hydrogen-bond acceptors (Lipinski definition) is 3. The number of piperidine rings is 1. The average molecular weight is 266 g/mol. The van der Waals surface area contributed by atoms with Crippen LogP contribution in [-0.4, -0.2) is 49.2 Å². The van der Waals surface area contributed by atoms with E-state index in [0.717, 1.165) is 58.3 Å². The van der Waals surface area contributed by atoms with Crippen LogP contribution in [0.1, 0.15) is 44.9 Å². The second kappa shape index (κ2) is 6.23. The average Bonchev–Trinajstić information content (AvgIpc) is 2.47. The van der Waals surface area contributed by atoms with E-state index in [1.54, 1.807) is 0 Å². The van der Waals surface area contributed by atoms with Crippen molar-refractivity contribution in [2.45, 2.75) is 57.1 Å². The summed E-state index contributed by atoms with van der Waals surface area (Å²) in [6, 6.07) is 0.372. The van der Waals surface area contributed by atoms with E-state index < -0.39 is 0 Å². The van der Waals surface area contributed by atoms with Gasteiger partial charge in [0.2, 0.25) is 5.91 Å². The number of ether oxygens (including phenoxy) is 1. The molecule has 1 N–H and O–H groups in total. The summed E-state index contributed by atoms with van der Waals surface area (Å²) in [7, 11) is 0. The Morgan fingerprint density at radius 1 is 1.16 bits per heavy atom. The first-order valence-electron chi connectivity index (χ1n) is 7.96. The van der Waals surface area contributed by atoms with Gasteiger partial charge in [-0.1, -0.05) is 12.8 Å². The third-order valence-electron chi connectivity index (χ3n) is 4.97.